The number of rotatable bonds is 9. The first kappa shape index (κ1) is 27.5. The number of hydrogen-bond donors (Lipinski definition) is 1. The molecule has 38 heavy (non-hydrogen) atoms. The molecule has 2 heterocycles. The first-order chi connectivity index (χ1) is 18.1. The molecule has 0 fully saturated rings. The molecule has 0 aliphatic carbocycles. The number of thioether (sulfide) groups is 1. The molecular weight excluding hydrogens is 565 g/mol. The highest BCUT2D eigenvalue weighted by atomic mass is 35.5. The first-order valence-electron chi connectivity index (χ1n) is 10.7. The Bertz CT molecular complexity index is 1450. The van der Waals surface area contributed by atoms with Crippen molar-refractivity contribution >= 4 is 52.4 Å². The summed E-state index contributed by atoms with van der Waals surface area (Å²) in [6.07, 6.45) is -3.49. The van der Waals surface area contributed by atoms with E-state index in [1.807, 2.05) is 0 Å². The van der Waals surface area contributed by atoms with E-state index in [1.165, 1.54) is 42.3 Å². The lowest BCUT2D eigenvalue weighted by molar-refractivity contribution is -0.385. The Balaban J connectivity index is 1.43. The van der Waals surface area contributed by atoms with Gasteiger partial charge in [0.1, 0.15) is 11.4 Å². The Hall–Kier alpha value is -3.55. The predicted octanol–water partition coefficient (Wildman–Crippen LogP) is 7.59. The number of aromatic nitrogens is 2. The van der Waals surface area contributed by atoms with Crippen molar-refractivity contribution in [3.8, 4) is 11.5 Å². The highest BCUT2D eigenvalue weighted by Crippen LogP contribution is 2.34. The SMILES string of the molecule is O=C(CCSc1nc(-c2ccco2)cc(C(F)(F)F)n1)Nc1cc(Sc2ccc(Cl)cc2)cc([N+](=O)[O-])c1. The zero-order valence-corrected chi connectivity index (χ0v) is 21.5. The van der Waals surface area contributed by atoms with Gasteiger partial charge in [0.05, 0.1) is 11.2 Å². The van der Waals surface area contributed by atoms with Crippen LogP contribution in [0.2, 0.25) is 5.02 Å². The highest BCUT2D eigenvalue weighted by Gasteiger charge is 2.34. The summed E-state index contributed by atoms with van der Waals surface area (Å²) in [6.45, 7) is 0. The van der Waals surface area contributed by atoms with E-state index in [0.717, 1.165) is 22.7 Å². The third-order valence-electron chi connectivity index (χ3n) is 4.77. The van der Waals surface area contributed by atoms with E-state index < -0.39 is 22.7 Å². The van der Waals surface area contributed by atoms with E-state index in [-0.39, 0.29) is 40.2 Å². The number of hydrogen-bond acceptors (Lipinski definition) is 8. The minimum absolute atomic E-state index is 0.0356. The minimum Gasteiger partial charge on any atom is -0.463 e. The molecule has 196 valence electrons. The number of furan rings is 1. The highest BCUT2D eigenvalue weighted by molar-refractivity contribution is 7.99. The fourth-order valence-corrected chi connectivity index (χ4v) is 4.93. The molecule has 4 rings (SSSR count). The van der Waals surface area contributed by atoms with Crippen LogP contribution in [0.15, 0.2) is 86.3 Å². The van der Waals surface area contributed by atoms with Crippen molar-refractivity contribution in [2.75, 3.05) is 11.1 Å². The smallest absolute Gasteiger partial charge is 0.433 e. The van der Waals surface area contributed by atoms with Crippen LogP contribution in [0.4, 0.5) is 24.5 Å². The van der Waals surface area contributed by atoms with Crippen LogP contribution in [0.1, 0.15) is 12.1 Å². The van der Waals surface area contributed by atoms with Crippen LogP contribution in [0.3, 0.4) is 0 Å². The molecule has 4 aromatic rings. The molecule has 2 aromatic carbocycles. The van der Waals surface area contributed by atoms with Gasteiger partial charge in [0.25, 0.3) is 5.69 Å². The summed E-state index contributed by atoms with van der Waals surface area (Å²) in [4.78, 5) is 32.3. The fraction of sp³-hybridized carbons (Fsp3) is 0.125. The molecule has 0 unspecified atom stereocenters. The number of non-ortho nitro benzene ring substituents is 1. The number of halogens is 4. The van der Waals surface area contributed by atoms with Gasteiger partial charge in [-0.05, 0) is 48.5 Å². The summed E-state index contributed by atoms with van der Waals surface area (Å²) < 4.78 is 45.1. The maximum atomic E-state index is 13.3. The van der Waals surface area contributed by atoms with E-state index in [2.05, 4.69) is 15.3 Å². The van der Waals surface area contributed by atoms with Crippen LogP contribution < -0.4 is 5.32 Å². The quantitative estimate of drug-likeness (QED) is 0.0932. The number of nitro benzene ring substituents is 1. The van der Waals surface area contributed by atoms with E-state index >= 15 is 0 Å². The van der Waals surface area contributed by atoms with Crippen LogP contribution >= 0.6 is 35.1 Å². The fourth-order valence-electron chi connectivity index (χ4n) is 3.10. The average molecular weight is 581 g/mol. The number of carbonyl (C=O) groups excluding carboxylic acids is 1. The van der Waals surface area contributed by atoms with Crippen LogP contribution in [-0.4, -0.2) is 26.6 Å². The molecule has 0 saturated carbocycles. The van der Waals surface area contributed by atoms with E-state index in [9.17, 15) is 28.1 Å². The first-order valence-corrected chi connectivity index (χ1v) is 12.9. The molecule has 0 spiro atoms. The van der Waals surface area contributed by atoms with E-state index in [0.29, 0.717) is 9.92 Å². The predicted molar refractivity (Wildman–Crippen MR) is 137 cm³/mol. The Morgan fingerprint density at radius 1 is 1.08 bits per heavy atom. The summed E-state index contributed by atoms with van der Waals surface area (Å²) in [5.74, 6) is -0.277. The average Bonchev–Trinajstić information content (AvgIpc) is 3.40. The van der Waals surface area contributed by atoms with Crippen molar-refractivity contribution in [2.45, 2.75) is 27.5 Å². The number of nitrogens with zero attached hydrogens (tertiary/aromatic N) is 3. The number of amides is 1. The zero-order valence-electron chi connectivity index (χ0n) is 19.1. The van der Waals surface area contributed by atoms with Crippen LogP contribution in [-0.2, 0) is 11.0 Å². The van der Waals surface area contributed by atoms with Gasteiger partial charge in [-0.25, -0.2) is 9.97 Å². The molecular formula is C24H16ClF3N4O4S2. The summed E-state index contributed by atoms with van der Waals surface area (Å²) >= 11 is 8.01. The van der Waals surface area contributed by atoms with Crippen LogP contribution in [0, 0.1) is 10.1 Å². The Labute approximate surface area is 227 Å². The van der Waals surface area contributed by atoms with E-state index in [1.54, 1.807) is 30.3 Å². The third-order valence-corrected chi connectivity index (χ3v) is 6.85. The van der Waals surface area contributed by atoms with Gasteiger partial charge >= 0.3 is 6.18 Å². The molecule has 8 nitrogen and oxygen atoms in total. The Morgan fingerprint density at radius 3 is 2.50 bits per heavy atom. The Kier molecular flexibility index (Phi) is 8.59. The largest absolute Gasteiger partial charge is 0.463 e. The molecule has 2 aromatic heterocycles. The van der Waals surface area contributed by atoms with Gasteiger partial charge in [0, 0.05) is 44.8 Å². The molecule has 0 aliphatic rings. The van der Waals surface area contributed by atoms with Crippen molar-refractivity contribution in [1.29, 1.82) is 0 Å². The van der Waals surface area contributed by atoms with Gasteiger partial charge in [-0.1, -0.05) is 35.1 Å². The molecule has 0 saturated heterocycles. The lowest BCUT2D eigenvalue weighted by atomic mass is 10.2. The standard InChI is InChI=1S/C24H16ClF3N4O4S2/c25-14-3-5-17(6-4-14)38-18-11-15(10-16(12-18)32(34)35)29-22(33)7-9-37-23-30-19(20-2-1-8-36-20)13-21(31-23)24(26,27)28/h1-6,8,10-13H,7,9H2,(H,29,33). The van der Waals surface area contributed by atoms with Crippen molar-refractivity contribution in [3.05, 3.63) is 87.8 Å². The second-order valence-corrected chi connectivity index (χ2v) is 10.2. The van der Waals surface area contributed by atoms with Crippen LogP contribution in [0.5, 0.6) is 0 Å². The summed E-state index contributed by atoms with van der Waals surface area (Å²) in [7, 11) is 0. The van der Waals surface area contributed by atoms with E-state index in [4.69, 9.17) is 16.0 Å². The summed E-state index contributed by atoms with van der Waals surface area (Å²) in [5, 5.41) is 14.4. The van der Waals surface area contributed by atoms with Gasteiger partial charge < -0.3 is 9.73 Å². The maximum absolute atomic E-state index is 13.3. The molecule has 0 radical (unpaired) electrons. The van der Waals surface area contributed by atoms with Crippen molar-refractivity contribution < 1.29 is 27.3 Å². The van der Waals surface area contributed by atoms with Gasteiger partial charge in [-0.15, -0.1) is 0 Å². The number of benzene rings is 2. The lowest BCUT2D eigenvalue weighted by Gasteiger charge is -2.10. The third kappa shape index (κ3) is 7.49. The molecule has 1 N–H and O–H groups in total. The lowest BCUT2D eigenvalue weighted by Crippen LogP contribution is -2.13. The summed E-state index contributed by atoms with van der Waals surface area (Å²) in [6, 6.07) is 14.9. The minimum atomic E-state index is -4.69. The maximum Gasteiger partial charge on any atom is 0.433 e. The Morgan fingerprint density at radius 2 is 1.84 bits per heavy atom. The number of alkyl halides is 3. The zero-order chi connectivity index (χ0) is 27.3. The number of anilines is 1. The van der Waals surface area contributed by atoms with Crippen LogP contribution in [0.25, 0.3) is 11.5 Å². The molecule has 0 bridgehead atoms. The van der Waals surface area contributed by atoms with Gasteiger partial charge in [0.2, 0.25) is 5.91 Å². The molecule has 1 amide bonds. The molecule has 0 aliphatic heterocycles. The summed E-state index contributed by atoms with van der Waals surface area (Å²) in [5.41, 5.74) is -1.17. The molecule has 14 heteroatoms. The van der Waals surface area contributed by atoms with Gasteiger partial charge in [-0.3, -0.25) is 14.9 Å². The second-order valence-electron chi connectivity index (χ2n) is 7.57. The van der Waals surface area contributed by atoms with Gasteiger partial charge in [-0.2, -0.15) is 13.2 Å². The van der Waals surface area contributed by atoms with Crippen molar-refractivity contribution in [2.24, 2.45) is 0 Å². The monoisotopic (exact) mass is 580 g/mol. The van der Waals surface area contributed by atoms with Gasteiger partial charge in [0.15, 0.2) is 10.9 Å². The van der Waals surface area contributed by atoms with Crippen molar-refractivity contribution in [1.82, 2.24) is 9.97 Å². The number of nitro groups is 1. The number of carbonyl (C=O) groups is 1. The van der Waals surface area contributed by atoms with Crippen molar-refractivity contribution in [3.63, 3.8) is 0 Å². The number of nitrogens with one attached hydrogen (secondary N) is 1. The topological polar surface area (TPSA) is 111 Å². The second kappa shape index (κ2) is 11.9. The molecule has 0 atom stereocenters. The normalized spacial score (nSPS) is 11.4.